The molecule has 5 heteroatoms. The number of hydrogen-bond donors (Lipinski definition) is 0. The third-order valence-corrected chi connectivity index (χ3v) is 4.83. The Morgan fingerprint density at radius 3 is 2.22 bits per heavy atom. The summed E-state index contributed by atoms with van der Waals surface area (Å²) >= 11 is 9.72. The molecule has 1 aromatic rings. The van der Waals surface area contributed by atoms with Crippen LogP contribution in [-0.2, 0) is 15.6 Å². The van der Waals surface area contributed by atoms with Crippen LogP contribution in [0, 0.1) is 0 Å². The molecule has 0 unspecified atom stereocenters. The van der Waals surface area contributed by atoms with E-state index in [-0.39, 0.29) is 18.3 Å². The van der Waals surface area contributed by atoms with Gasteiger partial charge in [-0.25, -0.2) is 0 Å². The van der Waals surface area contributed by atoms with Crippen LogP contribution in [0.2, 0.25) is 5.02 Å². The second-order valence-corrected chi connectivity index (χ2v) is 6.85. The highest BCUT2D eigenvalue weighted by Gasteiger charge is 2.50. The SMILES string of the molecule is CC1(C)OB(Cc2c(Cl)cccc2Br)OC1(C)C. The predicted octanol–water partition coefficient (Wildman–Crippen LogP) is 4.28. The molecule has 2 rings (SSSR count). The summed E-state index contributed by atoms with van der Waals surface area (Å²) in [5.74, 6) is 0. The van der Waals surface area contributed by atoms with Crippen molar-refractivity contribution in [1.29, 1.82) is 0 Å². The standard InChI is InChI=1S/C13H17BBrClO2/c1-12(2)13(3,4)18-14(17-12)8-9-10(15)6-5-7-11(9)16/h5-7H,8H2,1-4H3. The van der Waals surface area contributed by atoms with Gasteiger partial charge in [0.1, 0.15) is 0 Å². The van der Waals surface area contributed by atoms with Gasteiger partial charge < -0.3 is 9.31 Å². The predicted molar refractivity (Wildman–Crippen MR) is 78.9 cm³/mol. The summed E-state index contributed by atoms with van der Waals surface area (Å²) in [6.45, 7) is 8.20. The van der Waals surface area contributed by atoms with E-state index in [1.54, 1.807) is 0 Å². The Balaban J connectivity index is 2.18. The van der Waals surface area contributed by atoms with Gasteiger partial charge in [-0.05, 0) is 45.4 Å². The van der Waals surface area contributed by atoms with Crippen LogP contribution in [-0.4, -0.2) is 18.3 Å². The Bertz CT molecular complexity index is 426. The number of rotatable bonds is 2. The molecule has 0 aromatic heterocycles. The van der Waals surface area contributed by atoms with Crippen molar-refractivity contribution in [3.63, 3.8) is 0 Å². The van der Waals surface area contributed by atoms with Gasteiger partial charge in [-0.15, -0.1) is 0 Å². The fourth-order valence-electron chi connectivity index (χ4n) is 1.94. The van der Waals surface area contributed by atoms with Crippen molar-refractivity contribution in [2.45, 2.75) is 45.2 Å². The first kappa shape index (κ1) is 14.4. The zero-order valence-electron chi connectivity index (χ0n) is 11.1. The summed E-state index contributed by atoms with van der Waals surface area (Å²) < 4.78 is 12.9. The third kappa shape index (κ3) is 2.62. The van der Waals surface area contributed by atoms with E-state index >= 15 is 0 Å². The van der Waals surface area contributed by atoms with E-state index in [1.165, 1.54) is 0 Å². The van der Waals surface area contributed by atoms with Crippen molar-refractivity contribution in [3.05, 3.63) is 33.3 Å². The fraction of sp³-hybridized carbons (Fsp3) is 0.538. The minimum absolute atomic E-state index is 0.258. The molecule has 1 fully saturated rings. The lowest BCUT2D eigenvalue weighted by Gasteiger charge is -2.32. The highest BCUT2D eigenvalue weighted by molar-refractivity contribution is 9.10. The minimum atomic E-state index is -0.300. The monoisotopic (exact) mass is 330 g/mol. The topological polar surface area (TPSA) is 18.5 Å². The van der Waals surface area contributed by atoms with E-state index in [9.17, 15) is 0 Å². The Morgan fingerprint density at radius 1 is 1.17 bits per heavy atom. The van der Waals surface area contributed by atoms with Crippen molar-refractivity contribution in [2.75, 3.05) is 0 Å². The van der Waals surface area contributed by atoms with Gasteiger partial charge >= 0.3 is 7.12 Å². The van der Waals surface area contributed by atoms with Gasteiger partial charge in [-0.3, -0.25) is 0 Å². The lowest BCUT2D eigenvalue weighted by Crippen LogP contribution is -2.41. The molecule has 0 saturated carbocycles. The first-order valence-corrected chi connectivity index (χ1v) is 7.18. The van der Waals surface area contributed by atoms with Gasteiger partial charge in [0.2, 0.25) is 0 Å². The van der Waals surface area contributed by atoms with Gasteiger partial charge in [0.15, 0.2) is 0 Å². The fourth-order valence-corrected chi connectivity index (χ4v) is 2.84. The molecule has 0 amide bonds. The molecular weight excluding hydrogens is 314 g/mol. The zero-order valence-corrected chi connectivity index (χ0v) is 13.4. The molecule has 2 nitrogen and oxygen atoms in total. The normalized spacial score (nSPS) is 21.3. The molecule has 1 heterocycles. The van der Waals surface area contributed by atoms with Crippen molar-refractivity contribution >= 4 is 34.6 Å². The first-order valence-electron chi connectivity index (χ1n) is 6.01. The summed E-state index contributed by atoms with van der Waals surface area (Å²) in [6, 6.07) is 5.78. The second-order valence-electron chi connectivity index (χ2n) is 5.59. The molecule has 0 atom stereocenters. The maximum absolute atomic E-state index is 6.21. The Morgan fingerprint density at radius 2 is 1.72 bits per heavy atom. The number of halogens is 2. The van der Waals surface area contributed by atoms with Crippen LogP contribution in [0.15, 0.2) is 22.7 Å². The maximum atomic E-state index is 6.21. The maximum Gasteiger partial charge on any atom is 0.462 e. The quantitative estimate of drug-likeness (QED) is 0.753. The molecule has 0 radical (unpaired) electrons. The van der Waals surface area contributed by atoms with Gasteiger partial charge in [0, 0.05) is 15.8 Å². The van der Waals surface area contributed by atoms with E-state index < -0.39 is 0 Å². The van der Waals surface area contributed by atoms with E-state index in [1.807, 2.05) is 18.2 Å². The third-order valence-electron chi connectivity index (χ3n) is 3.73. The Hall–Kier alpha value is -0.0251. The van der Waals surface area contributed by atoms with Gasteiger partial charge in [0.05, 0.1) is 11.2 Å². The lowest BCUT2D eigenvalue weighted by molar-refractivity contribution is 0.00578. The Kier molecular flexibility index (Phi) is 3.85. The van der Waals surface area contributed by atoms with E-state index in [0.29, 0.717) is 6.32 Å². The average molecular weight is 331 g/mol. The van der Waals surface area contributed by atoms with Crippen molar-refractivity contribution in [2.24, 2.45) is 0 Å². The number of hydrogen-bond acceptors (Lipinski definition) is 2. The van der Waals surface area contributed by atoms with Crippen LogP contribution >= 0.6 is 27.5 Å². The lowest BCUT2D eigenvalue weighted by atomic mass is 9.81. The molecule has 1 saturated heterocycles. The van der Waals surface area contributed by atoms with E-state index in [0.717, 1.165) is 15.1 Å². The van der Waals surface area contributed by atoms with Crippen LogP contribution in [0.4, 0.5) is 0 Å². The molecule has 0 bridgehead atoms. The summed E-state index contributed by atoms with van der Waals surface area (Å²) in [5.41, 5.74) is 0.425. The van der Waals surface area contributed by atoms with Crippen molar-refractivity contribution < 1.29 is 9.31 Å². The molecule has 18 heavy (non-hydrogen) atoms. The first-order chi connectivity index (χ1) is 8.23. The van der Waals surface area contributed by atoms with Gasteiger partial charge in [0.25, 0.3) is 0 Å². The van der Waals surface area contributed by atoms with E-state index in [2.05, 4.69) is 43.6 Å². The molecule has 1 aliphatic heterocycles. The average Bonchev–Trinajstić information content (AvgIpc) is 2.42. The van der Waals surface area contributed by atoms with Crippen LogP contribution in [0.5, 0.6) is 0 Å². The summed E-state index contributed by atoms with van der Waals surface area (Å²) in [7, 11) is -0.258. The zero-order chi connectivity index (χ0) is 13.6. The van der Waals surface area contributed by atoms with Crippen molar-refractivity contribution in [1.82, 2.24) is 0 Å². The van der Waals surface area contributed by atoms with Crippen LogP contribution in [0.3, 0.4) is 0 Å². The van der Waals surface area contributed by atoms with Gasteiger partial charge in [-0.2, -0.15) is 0 Å². The highest BCUT2D eigenvalue weighted by Crippen LogP contribution is 2.38. The summed E-state index contributed by atoms with van der Waals surface area (Å²) in [6.07, 6.45) is 0.646. The van der Waals surface area contributed by atoms with E-state index in [4.69, 9.17) is 20.9 Å². The molecule has 98 valence electrons. The summed E-state index contributed by atoms with van der Waals surface area (Å²) in [5, 5.41) is 0.735. The molecule has 1 aliphatic rings. The molecule has 0 N–H and O–H groups in total. The highest BCUT2D eigenvalue weighted by atomic mass is 79.9. The largest absolute Gasteiger partial charge is 0.462 e. The molecule has 0 aliphatic carbocycles. The smallest absolute Gasteiger partial charge is 0.403 e. The minimum Gasteiger partial charge on any atom is -0.403 e. The van der Waals surface area contributed by atoms with Crippen LogP contribution in [0.25, 0.3) is 0 Å². The molecular formula is C13H17BBrClO2. The second kappa shape index (κ2) is 4.82. The van der Waals surface area contributed by atoms with Crippen LogP contribution < -0.4 is 0 Å². The van der Waals surface area contributed by atoms with Gasteiger partial charge in [-0.1, -0.05) is 33.6 Å². The molecule has 1 aromatic carbocycles. The molecule has 0 spiro atoms. The number of benzene rings is 1. The van der Waals surface area contributed by atoms with Crippen LogP contribution in [0.1, 0.15) is 33.3 Å². The van der Waals surface area contributed by atoms with Crippen molar-refractivity contribution in [3.8, 4) is 0 Å². The Labute approximate surface area is 122 Å². The summed E-state index contributed by atoms with van der Waals surface area (Å²) in [4.78, 5) is 0.